The summed E-state index contributed by atoms with van der Waals surface area (Å²) < 4.78 is 24.4. The summed E-state index contributed by atoms with van der Waals surface area (Å²) in [5, 5.41) is 11.5. The summed E-state index contributed by atoms with van der Waals surface area (Å²) in [4.78, 5) is 17.2. The molecule has 0 aliphatic carbocycles. The summed E-state index contributed by atoms with van der Waals surface area (Å²) in [5.41, 5.74) is 3.64. The maximum Gasteiger partial charge on any atom is 0.244 e. The number of nitrogens with one attached hydrogen (secondary N) is 4. The average molecular weight is 417 g/mol. The number of fused-ring (bicyclic) bond motifs is 1. The number of para-hydroxylation sites is 1. The minimum Gasteiger partial charge on any atom is -0.380 e. The van der Waals surface area contributed by atoms with Gasteiger partial charge in [0.25, 0.3) is 0 Å². The number of rotatable bonds is 5. The topological polar surface area (TPSA) is 115 Å². The molecule has 0 spiro atoms. The Morgan fingerprint density at radius 3 is 2.62 bits per heavy atom. The van der Waals surface area contributed by atoms with Crippen molar-refractivity contribution in [1.82, 2.24) is 20.7 Å². The van der Waals surface area contributed by atoms with Gasteiger partial charge >= 0.3 is 0 Å². The van der Waals surface area contributed by atoms with Gasteiger partial charge in [0, 0.05) is 32.0 Å². The first-order chi connectivity index (χ1) is 13.8. The molecule has 2 aliphatic heterocycles. The van der Waals surface area contributed by atoms with Gasteiger partial charge in [0.1, 0.15) is 5.82 Å². The fraction of sp³-hybridized carbons (Fsp3) is 0.368. The largest absolute Gasteiger partial charge is 0.380 e. The number of carbonyl (C=O) groups is 1. The number of pyridine rings is 1. The second-order valence-corrected chi connectivity index (χ2v) is 9.35. The number of hydrogen-bond donors (Lipinski definition) is 4. The monoisotopic (exact) mass is 416 g/mol. The van der Waals surface area contributed by atoms with Crippen LogP contribution in [-0.2, 0) is 14.6 Å². The van der Waals surface area contributed by atoms with Crippen LogP contribution >= 0.6 is 0 Å². The molecule has 0 bridgehead atoms. The molecular weight excluding hydrogens is 392 g/mol. The van der Waals surface area contributed by atoms with E-state index < -0.39 is 9.84 Å². The molecule has 2 aliphatic rings. The Balaban J connectivity index is 1.62. The van der Waals surface area contributed by atoms with E-state index >= 15 is 0 Å². The third-order valence-corrected chi connectivity index (χ3v) is 6.38. The summed E-state index contributed by atoms with van der Waals surface area (Å²) in [6.07, 6.45) is 2.99. The molecule has 2 saturated heterocycles. The lowest BCUT2D eigenvalue weighted by molar-refractivity contribution is -0.131. The Kier molecular flexibility index (Phi) is 5.15. The van der Waals surface area contributed by atoms with Crippen molar-refractivity contribution in [3.8, 4) is 0 Å². The van der Waals surface area contributed by atoms with Crippen LogP contribution in [0.5, 0.6) is 0 Å². The fourth-order valence-electron chi connectivity index (χ4n) is 3.93. The van der Waals surface area contributed by atoms with Crippen LogP contribution in [0, 0.1) is 5.92 Å². The first-order valence-corrected chi connectivity index (χ1v) is 11.2. The maximum atomic E-state index is 12.7. The van der Waals surface area contributed by atoms with Crippen LogP contribution in [0.3, 0.4) is 0 Å². The molecule has 4 atom stereocenters. The second-order valence-electron chi connectivity index (χ2n) is 7.36. The van der Waals surface area contributed by atoms with E-state index in [0.29, 0.717) is 12.1 Å². The first-order valence-electron chi connectivity index (χ1n) is 9.36. The van der Waals surface area contributed by atoms with Gasteiger partial charge in [-0.3, -0.25) is 15.1 Å². The molecule has 4 N–H and O–H groups in total. The molecule has 9 nitrogen and oxygen atoms in total. The van der Waals surface area contributed by atoms with E-state index in [2.05, 4.69) is 26.4 Å². The average Bonchev–Trinajstić information content (AvgIpc) is 2.96. The van der Waals surface area contributed by atoms with Gasteiger partial charge in [0.15, 0.2) is 9.84 Å². The van der Waals surface area contributed by atoms with E-state index in [0.717, 1.165) is 5.82 Å². The molecular formula is C19H24N6O3S. The lowest BCUT2D eigenvalue weighted by Gasteiger charge is -2.39. The first kappa shape index (κ1) is 19.6. The van der Waals surface area contributed by atoms with E-state index in [4.69, 9.17) is 0 Å². The number of carbonyl (C=O) groups excluding carboxylic acids is 1. The lowest BCUT2D eigenvalue weighted by atomic mass is 9.88. The predicted molar refractivity (Wildman–Crippen MR) is 110 cm³/mol. The Labute approximate surface area is 169 Å². The van der Waals surface area contributed by atoms with Gasteiger partial charge in [-0.05, 0) is 24.3 Å². The van der Waals surface area contributed by atoms with Gasteiger partial charge in [0.2, 0.25) is 5.91 Å². The summed E-state index contributed by atoms with van der Waals surface area (Å²) in [5.74, 6) is 0.291. The summed E-state index contributed by atoms with van der Waals surface area (Å²) >= 11 is 0. The number of piperidine rings is 1. The zero-order chi connectivity index (χ0) is 20.6. The maximum absolute atomic E-state index is 12.7. The third kappa shape index (κ3) is 4.04. The van der Waals surface area contributed by atoms with E-state index in [1.807, 2.05) is 18.2 Å². The van der Waals surface area contributed by atoms with E-state index in [-0.39, 0.29) is 35.1 Å². The van der Waals surface area contributed by atoms with Crippen molar-refractivity contribution >= 4 is 27.2 Å². The van der Waals surface area contributed by atoms with E-state index in [1.165, 1.54) is 11.3 Å². The van der Waals surface area contributed by atoms with Crippen LogP contribution < -0.4 is 21.4 Å². The zero-order valence-corrected chi connectivity index (χ0v) is 17.0. The quantitative estimate of drug-likeness (QED) is 0.561. The van der Waals surface area contributed by atoms with Crippen molar-refractivity contribution in [2.75, 3.05) is 23.9 Å². The highest BCUT2D eigenvalue weighted by Gasteiger charge is 2.48. The molecule has 1 aromatic carbocycles. The van der Waals surface area contributed by atoms with Gasteiger partial charge in [-0.15, -0.1) is 0 Å². The Morgan fingerprint density at radius 2 is 1.90 bits per heavy atom. The van der Waals surface area contributed by atoms with Gasteiger partial charge in [0.05, 0.1) is 28.8 Å². The molecule has 154 valence electrons. The van der Waals surface area contributed by atoms with Crippen molar-refractivity contribution in [2.24, 2.45) is 5.92 Å². The molecule has 29 heavy (non-hydrogen) atoms. The smallest absolute Gasteiger partial charge is 0.244 e. The molecule has 0 radical (unpaired) electrons. The number of hydrogen-bond acceptors (Lipinski definition) is 8. The van der Waals surface area contributed by atoms with Gasteiger partial charge in [-0.1, -0.05) is 18.2 Å². The minimum absolute atomic E-state index is 0.0480. The highest BCUT2D eigenvalue weighted by atomic mass is 32.2. The lowest BCUT2D eigenvalue weighted by Crippen LogP contribution is -2.61. The van der Waals surface area contributed by atoms with Crippen LogP contribution in [0.4, 0.5) is 11.5 Å². The zero-order valence-electron chi connectivity index (χ0n) is 16.2. The molecule has 4 unspecified atom stereocenters. The third-order valence-electron chi connectivity index (χ3n) is 5.23. The highest BCUT2D eigenvalue weighted by molar-refractivity contribution is 7.90. The molecule has 0 saturated carbocycles. The van der Waals surface area contributed by atoms with Gasteiger partial charge < -0.3 is 10.6 Å². The summed E-state index contributed by atoms with van der Waals surface area (Å²) in [6, 6.07) is 12.1. The highest BCUT2D eigenvalue weighted by Crippen LogP contribution is 2.31. The van der Waals surface area contributed by atoms with E-state index in [1.54, 1.807) is 37.5 Å². The van der Waals surface area contributed by atoms with Gasteiger partial charge in [-0.25, -0.2) is 18.8 Å². The standard InChI is InChI=1S/C19H24N6O3S/c1-25-19(26)17-13(21-12-7-3-4-8-14(12)29(2,27)28)11-16(23-18(17)24-25)22-15-9-5-6-10-20-15/h3-10,13,16-18,21,23-24H,11H2,1-2H3,(H,20,22). The van der Waals surface area contributed by atoms with Crippen molar-refractivity contribution < 1.29 is 13.2 Å². The molecule has 4 rings (SSSR count). The molecule has 1 aromatic heterocycles. The Bertz CT molecular complexity index is 1000. The van der Waals surface area contributed by atoms with Crippen LogP contribution in [0.2, 0.25) is 0 Å². The van der Waals surface area contributed by atoms with Gasteiger partial charge in [-0.2, -0.15) is 0 Å². The van der Waals surface area contributed by atoms with Crippen molar-refractivity contribution in [1.29, 1.82) is 0 Å². The molecule has 1 amide bonds. The van der Waals surface area contributed by atoms with Crippen LogP contribution in [0.15, 0.2) is 53.6 Å². The number of sulfone groups is 1. The number of anilines is 2. The summed E-state index contributed by atoms with van der Waals surface area (Å²) in [6.45, 7) is 0. The molecule has 3 heterocycles. The van der Waals surface area contributed by atoms with Crippen molar-refractivity contribution in [3.63, 3.8) is 0 Å². The van der Waals surface area contributed by atoms with Crippen molar-refractivity contribution in [2.45, 2.75) is 29.7 Å². The Morgan fingerprint density at radius 1 is 1.14 bits per heavy atom. The number of benzene rings is 1. The SMILES string of the molecule is CN1NC2NC(Nc3ccccn3)CC(Nc3ccccc3S(C)(=O)=O)C2C1=O. The fourth-order valence-corrected chi connectivity index (χ4v) is 4.79. The number of amides is 1. The summed E-state index contributed by atoms with van der Waals surface area (Å²) in [7, 11) is -1.72. The predicted octanol–water partition coefficient (Wildman–Crippen LogP) is 0.616. The molecule has 2 aromatic rings. The second kappa shape index (κ2) is 7.62. The van der Waals surface area contributed by atoms with Crippen LogP contribution in [0.25, 0.3) is 0 Å². The number of nitrogens with zero attached hydrogens (tertiary/aromatic N) is 2. The van der Waals surface area contributed by atoms with E-state index in [9.17, 15) is 13.2 Å². The van der Waals surface area contributed by atoms with Crippen LogP contribution in [0.1, 0.15) is 6.42 Å². The van der Waals surface area contributed by atoms with Crippen molar-refractivity contribution in [3.05, 3.63) is 48.7 Å². The number of aromatic nitrogens is 1. The molecule has 10 heteroatoms. The molecule has 2 fully saturated rings. The normalized spacial score (nSPS) is 26.8. The number of hydrazine groups is 1. The van der Waals surface area contributed by atoms with Crippen LogP contribution in [-0.4, -0.2) is 56.0 Å². The Hall–Kier alpha value is -2.69. The minimum atomic E-state index is -3.41.